The highest BCUT2D eigenvalue weighted by Crippen LogP contribution is 2.17. The number of amides is 1. The summed E-state index contributed by atoms with van der Waals surface area (Å²) in [5.41, 5.74) is 0. The Bertz CT molecular complexity index is 1080. The molecule has 0 spiro atoms. The minimum atomic E-state index is -0.960. The predicted molar refractivity (Wildman–Crippen MR) is 296 cm³/mol. The van der Waals surface area contributed by atoms with Gasteiger partial charge in [0, 0.05) is 0 Å². The van der Waals surface area contributed by atoms with Crippen molar-refractivity contribution >= 4 is 5.91 Å². The summed E-state index contributed by atoms with van der Waals surface area (Å²) < 4.78 is 0. The number of rotatable bonds is 55. The quantitative estimate of drug-likeness (QED) is 0.0361. The Balaban J connectivity index is 3.49. The summed E-state index contributed by atoms with van der Waals surface area (Å²) >= 11 is 0. The molecule has 3 atom stereocenters. The van der Waals surface area contributed by atoms with Crippen molar-refractivity contribution in [3.63, 3.8) is 0 Å². The lowest BCUT2D eigenvalue weighted by molar-refractivity contribution is -0.124. The summed E-state index contributed by atoms with van der Waals surface area (Å²) in [6.07, 6.45) is 76.2. The van der Waals surface area contributed by atoms with Crippen molar-refractivity contribution in [1.29, 1.82) is 0 Å². The Morgan fingerprint density at radius 3 is 0.955 bits per heavy atom. The van der Waals surface area contributed by atoms with E-state index in [4.69, 9.17) is 0 Å². The molecule has 0 fully saturated rings. The molecule has 394 valence electrons. The highest BCUT2D eigenvalue weighted by atomic mass is 16.3. The molecule has 1 amide bonds. The molecule has 0 bridgehead atoms. The van der Waals surface area contributed by atoms with E-state index in [2.05, 4.69) is 55.6 Å². The molecule has 3 unspecified atom stereocenters. The second-order valence-corrected chi connectivity index (χ2v) is 20.6. The van der Waals surface area contributed by atoms with E-state index in [0.717, 1.165) is 38.5 Å². The number of unbranched alkanes of at least 4 members (excludes halogenated alkanes) is 40. The molecule has 0 aromatic carbocycles. The van der Waals surface area contributed by atoms with Crippen LogP contribution >= 0.6 is 0 Å². The lowest BCUT2D eigenvalue weighted by Gasteiger charge is -2.21. The molecule has 0 aliphatic heterocycles. The summed E-state index contributed by atoms with van der Waals surface area (Å²) in [5.74, 6) is -0.327. The lowest BCUT2D eigenvalue weighted by atomic mass is 10.0. The molecule has 0 aromatic heterocycles. The van der Waals surface area contributed by atoms with Crippen LogP contribution in [0.5, 0.6) is 0 Å². The second-order valence-electron chi connectivity index (χ2n) is 20.6. The zero-order valence-electron chi connectivity index (χ0n) is 45.0. The molecule has 67 heavy (non-hydrogen) atoms. The minimum absolute atomic E-state index is 0.00315. The van der Waals surface area contributed by atoms with Crippen molar-refractivity contribution in [2.75, 3.05) is 6.61 Å². The Labute approximate surface area is 418 Å². The zero-order valence-corrected chi connectivity index (χ0v) is 45.0. The second kappa shape index (κ2) is 56.9. The molecular formula is C62H117NO4. The van der Waals surface area contributed by atoms with Gasteiger partial charge in [0.1, 0.15) is 0 Å². The molecule has 0 aromatic rings. The molecule has 5 nitrogen and oxygen atoms in total. The fourth-order valence-electron chi connectivity index (χ4n) is 9.25. The van der Waals surface area contributed by atoms with Crippen molar-refractivity contribution in [3.8, 4) is 0 Å². The third-order valence-electron chi connectivity index (χ3n) is 13.8. The molecular weight excluding hydrogens is 823 g/mol. The Morgan fingerprint density at radius 1 is 0.373 bits per heavy atom. The number of hydrogen-bond donors (Lipinski definition) is 4. The number of aliphatic hydroxyl groups excluding tert-OH is 3. The van der Waals surface area contributed by atoms with Crippen molar-refractivity contribution in [3.05, 3.63) is 48.6 Å². The highest BCUT2D eigenvalue weighted by molar-refractivity contribution is 5.76. The van der Waals surface area contributed by atoms with Crippen LogP contribution in [-0.4, -0.2) is 46.1 Å². The standard InChI is InChI=1S/C62H117NO4/c1-3-5-7-9-11-13-15-17-19-20-21-22-23-24-25-26-27-28-29-30-31-32-33-34-35-36-37-38-39-40-42-43-45-47-49-51-53-55-59(65)57-62(67)63-60(58-64)61(66)56-54-52-50-48-46-44-41-18-16-14-12-10-8-6-4-2/h16,18,30-31,46,48,54,56,59-61,64-66H,3-15,17,19-29,32-45,47,49-53,55,57-58H2,1-2H3,(H,63,67)/b18-16+,31-30-,48-46+,56-54+. The molecule has 5 heteroatoms. The monoisotopic (exact) mass is 940 g/mol. The first-order chi connectivity index (χ1) is 33.0. The summed E-state index contributed by atoms with van der Waals surface area (Å²) in [4.78, 5) is 12.5. The van der Waals surface area contributed by atoms with E-state index in [-0.39, 0.29) is 18.9 Å². The average Bonchev–Trinajstić information content (AvgIpc) is 3.32. The summed E-state index contributed by atoms with van der Waals surface area (Å²) in [6, 6.07) is -0.768. The van der Waals surface area contributed by atoms with Gasteiger partial charge in [-0.3, -0.25) is 4.79 Å². The van der Waals surface area contributed by atoms with Gasteiger partial charge < -0.3 is 20.6 Å². The molecule has 0 aliphatic rings. The van der Waals surface area contributed by atoms with Gasteiger partial charge in [0.2, 0.25) is 5.91 Å². The van der Waals surface area contributed by atoms with Gasteiger partial charge in [-0.1, -0.05) is 287 Å². The van der Waals surface area contributed by atoms with Gasteiger partial charge in [0.15, 0.2) is 0 Å². The maximum atomic E-state index is 12.5. The van der Waals surface area contributed by atoms with Gasteiger partial charge in [0.25, 0.3) is 0 Å². The van der Waals surface area contributed by atoms with Gasteiger partial charge in [-0.15, -0.1) is 0 Å². The van der Waals surface area contributed by atoms with E-state index in [1.807, 2.05) is 6.08 Å². The van der Waals surface area contributed by atoms with Gasteiger partial charge >= 0.3 is 0 Å². The van der Waals surface area contributed by atoms with Gasteiger partial charge in [-0.05, 0) is 70.6 Å². The van der Waals surface area contributed by atoms with Crippen molar-refractivity contribution < 1.29 is 20.1 Å². The summed E-state index contributed by atoms with van der Waals surface area (Å²) in [5, 5.41) is 33.4. The van der Waals surface area contributed by atoms with E-state index in [1.165, 1.54) is 250 Å². The predicted octanol–water partition coefficient (Wildman–Crippen LogP) is 18.8. The average molecular weight is 941 g/mol. The Hall–Kier alpha value is -1.69. The Kier molecular flexibility index (Phi) is 55.5. The highest BCUT2D eigenvalue weighted by Gasteiger charge is 2.20. The number of aliphatic hydroxyl groups is 3. The van der Waals surface area contributed by atoms with Crippen LogP contribution < -0.4 is 5.32 Å². The summed E-state index contributed by atoms with van der Waals surface area (Å²) in [6.45, 7) is 4.20. The van der Waals surface area contributed by atoms with E-state index in [0.29, 0.717) is 6.42 Å². The number of nitrogens with one attached hydrogen (secondary N) is 1. The SMILES string of the molecule is CCCCCCC/C=C/CC/C=C/CC/C=C/C(O)C(CO)NC(=O)CC(O)CCCCCCCCCCCCCCCCC/C=C\CCCCCCCCCCCCCCCCCCCC. The van der Waals surface area contributed by atoms with E-state index in [1.54, 1.807) is 6.08 Å². The molecule has 0 radical (unpaired) electrons. The van der Waals surface area contributed by atoms with Crippen LogP contribution in [0.25, 0.3) is 0 Å². The normalized spacial score (nSPS) is 13.6. The van der Waals surface area contributed by atoms with Gasteiger partial charge in [-0.25, -0.2) is 0 Å². The number of carbonyl (C=O) groups is 1. The van der Waals surface area contributed by atoms with Crippen LogP contribution in [0.4, 0.5) is 0 Å². The van der Waals surface area contributed by atoms with E-state index < -0.39 is 18.2 Å². The third kappa shape index (κ3) is 53.5. The van der Waals surface area contributed by atoms with Crippen molar-refractivity contribution in [2.24, 2.45) is 0 Å². The minimum Gasteiger partial charge on any atom is -0.394 e. The van der Waals surface area contributed by atoms with Crippen LogP contribution in [-0.2, 0) is 4.79 Å². The number of allylic oxidation sites excluding steroid dienone is 7. The fourth-order valence-corrected chi connectivity index (χ4v) is 9.25. The molecule has 0 aliphatic carbocycles. The molecule has 0 heterocycles. The smallest absolute Gasteiger partial charge is 0.222 e. The largest absolute Gasteiger partial charge is 0.394 e. The van der Waals surface area contributed by atoms with Crippen LogP contribution in [0, 0.1) is 0 Å². The molecule has 4 N–H and O–H groups in total. The third-order valence-corrected chi connectivity index (χ3v) is 13.8. The van der Waals surface area contributed by atoms with Gasteiger partial charge in [0.05, 0.1) is 31.3 Å². The maximum absolute atomic E-state index is 12.5. The molecule has 0 rings (SSSR count). The lowest BCUT2D eigenvalue weighted by Crippen LogP contribution is -2.45. The molecule has 0 saturated heterocycles. The fraction of sp³-hybridized carbons (Fsp3) is 0.855. The first-order valence-electron chi connectivity index (χ1n) is 29.9. The summed E-state index contributed by atoms with van der Waals surface area (Å²) in [7, 11) is 0. The van der Waals surface area contributed by atoms with Crippen LogP contribution in [0.2, 0.25) is 0 Å². The van der Waals surface area contributed by atoms with Crippen LogP contribution in [0.15, 0.2) is 48.6 Å². The number of hydrogen-bond acceptors (Lipinski definition) is 4. The Morgan fingerprint density at radius 2 is 0.642 bits per heavy atom. The first-order valence-corrected chi connectivity index (χ1v) is 29.9. The van der Waals surface area contributed by atoms with E-state index >= 15 is 0 Å². The zero-order chi connectivity index (χ0) is 48.6. The number of carbonyl (C=O) groups excluding carboxylic acids is 1. The van der Waals surface area contributed by atoms with E-state index in [9.17, 15) is 20.1 Å². The molecule has 0 saturated carbocycles. The first kappa shape index (κ1) is 65.3. The topological polar surface area (TPSA) is 89.8 Å². The maximum Gasteiger partial charge on any atom is 0.222 e. The van der Waals surface area contributed by atoms with Crippen LogP contribution in [0.3, 0.4) is 0 Å². The van der Waals surface area contributed by atoms with Crippen molar-refractivity contribution in [1.82, 2.24) is 5.32 Å². The van der Waals surface area contributed by atoms with Gasteiger partial charge in [-0.2, -0.15) is 0 Å². The van der Waals surface area contributed by atoms with Crippen molar-refractivity contribution in [2.45, 2.75) is 334 Å². The van der Waals surface area contributed by atoms with Crippen LogP contribution in [0.1, 0.15) is 316 Å².